The lowest BCUT2D eigenvalue weighted by molar-refractivity contribution is -0.133. The van der Waals surface area contributed by atoms with Crippen molar-refractivity contribution in [3.8, 4) is 0 Å². The van der Waals surface area contributed by atoms with Crippen LogP contribution in [0.3, 0.4) is 0 Å². The Bertz CT molecular complexity index is 402. The third-order valence-electron chi connectivity index (χ3n) is 3.04. The molecule has 1 aliphatic rings. The Morgan fingerprint density at radius 1 is 1.71 bits per heavy atom. The van der Waals surface area contributed by atoms with Crippen LogP contribution < -0.4 is 0 Å². The van der Waals surface area contributed by atoms with E-state index in [4.69, 9.17) is 0 Å². The van der Waals surface area contributed by atoms with Crippen molar-refractivity contribution >= 4 is 28.5 Å². The van der Waals surface area contributed by atoms with Gasteiger partial charge in [0.25, 0.3) is 0 Å². The summed E-state index contributed by atoms with van der Waals surface area (Å²) in [4.78, 5) is 21.7. The smallest absolute Gasteiger partial charge is 0.223 e. The molecular formula is C12H18IN3O. The van der Waals surface area contributed by atoms with E-state index in [9.17, 15) is 4.79 Å². The number of carbonyl (C=O) groups is 1. The molecule has 5 heteroatoms. The predicted molar refractivity (Wildman–Crippen MR) is 74.4 cm³/mol. The van der Waals surface area contributed by atoms with Crippen LogP contribution in [0.4, 0.5) is 0 Å². The van der Waals surface area contributed by atoms with Crippen molar-refractivity contribution < 1.29 is 4.79 Å². The molecule has 1 saturated heterocycles. The second kappa shape index (κ2) is 5.37. The van der Waals surface area contributed by atoms with E-state index in [1.807, 2.05) is 11.1 Å². The van der Waals surface area contributed by atoms with Crippen LogP contribution >= 0.6 is 22.6 Å². The number of hydrogen-bond donors (Lipinski definition) is 1. The SMILES string of the molecule is CC(C)CC(=O)N1CCCC1c1ncc(I)[nH]1. The van der Waals surface area contributed by atoms with Crippen LogP contribution in [0.25, 0.3) is 0 Å². The van der Waals surface area contributed by atoms with Gasteiger partial charge in [-0.3, -0.25) is 4.79 Å². The van der Waals surface area contributed by atoms with E-state index in [0.717, 1.165) is 28.9 Å². The van der Waals surface area contributed by atoms with Gasteiger partial charge in [0.15, 0.2) is 0 Å². The summed E-state index contributed by atoms with van der Waals surface area (Å²) >= 11 is 2.21. The second-order valence-corrected chi connectivity index (χ2v) is 6.12. The fraction of sp³-hybridized carbons (Fsp3) is 0.667. The molecule has 1 aromatic heterocycles. The number of hydrogen-bond acceptors (Lipinski definition) is 2. The molecule has 2 rings (SSSR count). The van der Waals surface area contributed by atoms with Gasteiger partial charge in [0.2, 0.25) is 5.91 Å². The Kier molecular flexibility index (Phi) is 4.06. The zero-order chi connectivity index (χ0) is 12.4. The summed E-state index contributed by atoms with van der Waals surface area (Å²) in [5.41, 5.74) is 0. The van der Waals surface area contributed by atoms with Gasteiger partial charge >= 0.3 is 0 Å². The number of nitrogens with zero attached hydrogens (tertiary/aromatic N) is 2. The Balaban J connectivity index is 2.09. The van der Waals surface area contributed by atoms with Crippen LogP contribution in [-0.2, 0) is 4.79 Å². The van der Waals surface area contributed by atoms with Gasteiger partial charge in [-0.1, -0.05) is 13.8 Å². The Hall–Kier alpha value is -0.590. The molecule has 0 spiro atoms. The number of halogens is 1. The highest BCUT2D eigenvalue weighted by Crippen LogP contribution is 2.31. The summed E-state index contributed by atoms with van der Waals surface area (Å²) in [5, 5.41) is 0. The summed E-state index contributed by atoms with van der Waals surface area (Å²) in [7, 11) is 0. The average Bonchev–Trinajstić information content (AvgIpc) is 2.83. The summed E-state index contributed by atoms with van der Waals surface area (Å²) in [5.74, 6) is 1.61. The number of aromatic amines is 1. The van der Waals surface area contributed by atoms with Gasteiger partial charge < -0.3 is 9.88 Å². The zero-order valence-corrected chi connectivity index (χ0v) is 12.4. The molecule has 0 bridgehead atoms. The van der Waals surface area contributed by atoms with E-state index in [1.54, 1.807) is 0 Å². The van der Waals surface area contributed by atoms with Crippen LogP contribution in [0.2, 0.25) is 0 Å². The van der Waals surface area contributed by atoms with Crippen LogP contribution in [-0.4, -0.2) is 27.3 Å². The topological polar surface area (TPSA) is 49.0 Å². The van der Waals surface area contributed by atoms with Crippen molar-refractivity contribution in [2.75, 3.05) is 6.54 Å². The summed E-state index contributed by atoms with van der Waals surface area (Å²) < 4.78 is 1.03. The molecule has 1 N–H and O–H groups in total. The summed E-state index contributed by atoms with van der Waals surface area (Å²) in [6, 6.07) is 0.157. The number of likely N-dealkylation sites (tertiary alicyclic amines) is 1. The predicted octanol–water partition coefficient (Wildman–Crippen LogP) is 2.72. The number of amides is 1. The maximum atomic E-state index is 12.1. The van der Waals surface area contributed by atoms with Crippen molar-refractivity contribution in [3.63, 3.8) is 0 Å². The van der Waals surface area contributed by atoms with Crippen molar-refractivity contribution in [1.29, 1.82) is 0 Å². The molecule has 0 saturated carbocycles. The van der Waals surface area contributed by atoms with Crippen LogP contribution in [0.5, 0.6) is 0 Å². The molecule has 0 radical (unpaired) electrons. The first-order valence-corrected chi connectivity index (χ1v) is 7.15. The molecule has 1 aliphatic heterocycles. The van der Waals surface area contributed by atoms with Crippen LogP contribution in [0.15, 0.2) is 6.20 Å². The first kappa shape index (κ1) is 12.9. The van der Waals surface area contributed by atoms with Gasteiger partial charge in [-0.2, -0.15) is 0 Å². The van der Waals surface area contributed by atoms with E-state index in [1.165, 1.54) is 0 Å². The highest BCUT2D eigenvalue weighted by molar-refractivity contribution is 14.1. The largest absolute Gasteiger partial charge is 0.336 e. The van der Waals surface area contributed by atoms with Crippen LogP contribution in [0, 0.1) is 9.62 Å². The molecule has 1 amide bonds. The Labute approximate surface area is 115 Å². The lowest BCUT2D eigenvalue weighted by Crippen LogP contribution is -2.31. The maximum Gasteiger partial charge on any atom is 0.223 e. The molecule has 0 aliphatic carbocycles. The monoisotopic (exact) mass is 347 g/mol. The van der Waals surface area contributed by atoms with Crippen LogP contribution in [0.1, 0.15) is 45.0 Å². The number of carbonyl (C=O) groups excluding carboxylic acids is 1. The maximum absolute atomic E-state index is 12.1. The van der Waals surface area contributed by atoms with Gasteiger partial charge in [-0.15, -0.1) is 0 Å². The summed E-state index contributed by atoms with van der Waals surface area (Å²) in [6.07, 6.45) is 4.55. The first-order valence-electron chi connectivity index (χ1n) is 6.08. The van der Waals surface area contributed by atoms with Crippen molar-refractivity contribution in [1.82, 2.24) is 14.9 Å². The lowest BCUT2D eigenvalue weighted by Gasteiger charge is -2.24. The Morgan fingerprint density at radius 2 is 2.47 bits per heavy atom. The van der Waals surface area contributed by atoms with E-state index in [2.05, 4.69) is 46.4 Å². The number of aromatic nitrogens is 2. The molecule has 1 fully saturated rings. The highest BCUT2D eigenvalue weighted by atomic mass is 127. The number of imidazole rings is 1. The molecule has 1 unspecified atom stereocenters. The van der Waals surface area contributed by atoms with E-state index >= 15 is 0 Å². The molecular weight excluding hydrogens is 329 g/mol. The van der Waals surface area contributed by atoms with Crippen molar-refractivity contribution in [2.45, 2.75) is 39.2 Å². The third-order valence-corrected chi connectivity index (χ3v) is 3.58. The third kappa shape index (κ3) is 3.00. The first-order chi connectivity index (χ1) is 8.08. The molecule has 17 heavy (non-hydrogen) atoms. The fourth-order valence-electron chi connectivity index (χ4n) is 2.30. The number of H-pyrrole nitrogens is 1. The highest BCUT2D eigenvalue weighted by Gasteiger charge is 2.31. The fourth-order valence-corrected chi connectivity index (χ4v) is 2.71. The lowest BCUT2D eigenvalue weighted by atomic mass is 10.1. The average molecular weight is 347 g/mol. The van der Waals surface area contributed by atoms with Gasteiger partial charge in [-0.25, -0.2) is 4.98 Å². The normalized spacial score (nSPS) is 20.2. The van der Waals surface area contributed by atoms with Crippen molar-refractivity contribution in [2.24, 2.45) is 5.92 Å². The minimum atomic E-state index is 0.157. The summed E-state index contributed by atoms with van der Waals surface area (Å²) in [6.45, 7) is 5.03. The van der Waals surface area contributed by atoms with Gasteiger partial charge in [0.05, 0.1) is 15.9 Å². The molecule has 0 aromatic carbocycles. The van der Waals surface area contributed by atoms with Gasteiger partial charge in [-0.05, 0) is 41.4 Å². The number of nitrogens with one attached hydrogen (secondary N) is 1. The van der Waals surface area contributed by atoms with E-state index < -0.39 is 0 Å². The van der Waals surface area contributed by atoms with Crippen molar-refractivity contribution in [3.05, 3.63) is 15.7 Å². The quantitative estimate of drug-likeness (QED) is 0.855. The minimum Gasteiger partial charge on any atom is -0.336 e. The molecule has 2 heterocycles. The Morgan fingerprint density at radius 3 is 3.06 bits per heavy atom. The van der Waals surface area contributed by atoms with E-state index in [0.29, 0.717) is 12.3 Å². The second-order valence-electron chi connectivity index (χ2n) is 4.96. The number of rotatable bonds is 3. The van der Waals surface area contributed by atoms with Gasteiger partial charge in [0.1, 0.15) is 5.82 Å². The molecule has 94 valence electrons. The molecule has 1 aromatic rings. The molecule has 1 atom stereocenters. The van der Waals surface area contributed by atoms with Gasteiger partial charge in [0, 0.05) is 13.0 Å². The standard InChI is InChI=1S/C12H18IN3O/c1-8(2)6-11(17)16-5-3-4-9(16)12-14-7-10(13)15-12/h7-9H,3-6H2,1-2H3,(H,14,15). The van der Waals surface area contributed by atoms with E-state index in [-0.39, 0.29) is 11.9 Å². The molecule has 4 nitrogen and oxygen atoms in total. The minimum absolute atomic E-state index is 0.157. The zero-order valence-electron chi connectivity index (χ0n) is 10.2.